The number of hydrogen-bond donors (Lipinski definition) is 2. The van der Waals surface area contributed by atoms with Gasteiger partial charge in [0.15, 0.2) is 0 Å². The summed E-state index contributed by atoms with van der Waals surface area (Å²) in [6.07, 6.45) is 4.08. The highest BCUT2D eigenvalue weighted by Crippen LogP contribution is 2.50. The van der Waals surface area contributed by atoms with Gasteiger partial charge >= 0.3 is 0 Å². The molecule has 0 heterocycles. The van der Waals surface area contributed by atoms with Crippen LogP contribution < -0.4 is 0 Å². The van der Waals surface area contributed by atoms with Gasteiger partial charge in [0.2, 0.25) is 0 Å². The lowest BCUT2D eigenvalue weighted by atomic mass is 9.54. The molecule has 4 bridgehead atoms. The largest absolute Gasteiger partial charge is 0.411 e. The van der Waals surface area contributed by atoms with Gasteiger partial charge in [-0.15, -0.1) is 0 Å². The van der Waals surface area contributed by atoms with Crippen LogP contribution in [0.1, 0.15) is 25.7 Å². The molecule has 0 saturated heterocycles. The number of nitrogens with zero attached hydrogens (tertiary/aromatic N) is 2. The van der Waals surface area contributed by atoms with E-state index < -0.39 is 0 Å². The van der Waals surface area contributed by atoms with Crippen LogP contribution in [-0.4, -0.2) is 21.8 Å². The molecule has 0 aromatic rings. The van der Waals surface area contributed by atoms with E-state index in [1.54, 1.807) is 0 Å². The Morgan fingerprint density at radius 3 is 1.21 bits per heavy atom. The van der Waals surface area contributed by atoms with Gasteiger partial charge < -0.3 is 10.4 Å². The van der Waals surface area contributed by atoms with E-state index in [2.05, 4.69) is 10.3 Å². The van der Waals surface area contributed by atoms with Crippen LogP contribution >= 0.6 is 0 Å². The highest BCUT2D eigenvalue weighted by molar-refractivity contribution is 5.99. The minimum atomic E-state index is 0.452. The maximum absolute atomic E-state index is 8.93. The summed E-state index contributed by atoms with van der Waals surface area (Å²) >= 11 is 0. The molecule has 4 heteroatoms. The molecular weight excluding hydrogens is 180 g/mol. The quantitative estimate of drug-likeness (QED) is 0.455. The Labute approximate surface area is 82.3 Å². The molecule has 4 aliphatic carbocycles. The summed E-state index contributed by atoms with van der Waals surface area (Å²) < 4.78 is 0. The van der Waals surface area contributed by atoms with Crippen LogP contribution in [0.4, 0.5) is 0 Å². The summed E-state index contributed by atoms with van der Waals surface area (Å²) in [5.41, 5.74) is 2.02. The van der Waals surface area contributed by atoms with Crippen LogP contribution in [-0.2, 0) is 0 Å². The first-order valence-electron chi connectivity index (χ1n) is 5.27. The maximum Gasteiger partial charge on any atom is 0.0633 e. The number of hydrogen-bond acceptors (Lipinski definition) is 4. The molecule has 4 aliphatic rings. The Morgan fingerprint density at radius 1 is 0.714 bits per heavy atom. The number of oxime groups is 2. The van der Waals surface area contributed by atoms with Gasteiger partial charge in [0.25, 0.3) is 0 Å². The molecule has 0 aromatic carbocycles. The maximum atomic E-state index is 8.93. The van der Waals surface area contributed by atoms with Crippen LogP contribution in [0.15, 0.2) is 10.3 Å². The fourth-order valence-corrected chi connectivity index (χ4v) is 3.72. The normalized spacial score (nSPS) is 44.3. The van der Waals surface area contributed by atoms with E-state index in [4.69, 9.17) is 10.4 Å². The lowest BCUT2D eigenvalue weighted by Crippen LogP contribution is -2.50. The summed E-state index contributed by atoms with van der Waals surface area (Å²) in [6.45, 7) is 0. The van der Waals surface area contributed by atoms with Crippen molar-refractivity contribution in [1.29, 1.82) is 0 Å². The van der Waals surface area contributed by atoms with Gasteiger partial charge in [-0.3, -0.25) is 0 Å². The first-order chi connectivity index (χ1) is 6.83. The average Bonchev–Trinajstić information content (AvgIpc) is 2.17. The highest BCUT2D eigenvalue weighted by atomic mass is 16.4. The van der Waals surface area contributed by atoms with Crippen molar-refractivity contribution in [2.75, 3.05) is 0 Å². The summed E-state index contributed by atoms with van der Waals surface area (Å²) in [5.74, 6) is 1.81. The summed E-state index contributed by atoms with van der Waals surface area (Å²) in [4.78, 5) is 0. The van der Waals surface area contributed by atoms with Crippen molar-refractivity contribution in [3.05, 3.63) is 0 Å². The second-order valence-electron chi connectivity index (χ2n) is 4.78. The van der Waals surface area contributed by atoms with Crippen LogP contribution in [0.2, 0.25) is 0 Å². The predicted octanol–water partition coefficient (Wildman–Crippen LogP) is 1.71. The summed E-state index contributed by atoms with van der Waals surface area (Å²) in [6, 6.07) is 0. The van der Waals surface area contributed by atoms with Gasteiger partial charge in [-0.1, -0.05) is 10.3 Å². The van der Waals surface area contributed by atoms with Gasteiger partial charge in [-0.25, -0.2) is 0 Å². The van der Waals surface area contributed by atoms with E-state index in [1.807, 2.05) is 0 Å². The third-order valence-corrected chi connectivity index (χ3v) is 4.18. The van der Waals surface area contributed by atoms with E-state index in [-0.39, 0.29) is 0 Å². The zero-order valence-corrected chi connectivity index (χ0v) is 7.93. The van der Waals surface area contributed by atoms with Crippen molar-refractivity contribution in [2.45, 2.75) is 25.7 Å². The van der Waals surface area contributed by atoms with Crippen LogP contribution in [0.3, 0.4) is 0 Å². The fraction of sp³-hybridized carbons (Fsp3) is 0.800. The van der Waals surface area contributed by atoms with Crippen molar-refractivity contribution in [3.8, 4) is 0 Å². The molecule has 0 radical (unpaired) electrons. The predicted molar refractivity (Wildman–Crippen MR) is 50.9 cm³/mol. The molecule has 0 aromatic heterocycles. The summed E-state index contributed by atoms with van der Waals surface area (Å²) in [5, 5.41) is 24.8. The molecule has 0 atom stereocenters. The molecule has 4 fully saturated rings. The standard InChI is InChI=1S/C10H14N2O2/c13-11-9-5-1-6-3-8(9)4-7(2-5)10(6)12-14/h5-8,13-14H,1-4H2. The second kappa shape index (κ2) is 2.72. The van der Waals surface area contributed by atoms with Crippen molar-refractivity contribution < 1.29 is 10.4 Å². The van der Waals surface area contributed by atoms with Crippen LogP contribution in [0.25, 0.3) is 0 Å². The Hall–Kier alpha value is -1.06. The molecule has 0 unspecified atom stereocenters. The lowest BCUT2D eigenvalue weighted by molar-refractivity contribution is 0.200. The Morgan fingerprint density at radius 2 is 1.00 bits per heavy atom. The monoisotopic (exact) mass is 194 g/mol. The van der Waals surface area contributed by atoms with Gasteiger partial charge in [0.05, 0.1) is 11.4 Å². The van der Waals surface area contributed by atoms with Crippen LogP contribution in [0.5, 0.6) is 0 Å². The second-order valence-corrected chi connectivity index (χ2v) is 4.78. The molecule has 0 spiro atoms. The minimum absolute atomic E-state index is 0.452. The summed E-state index contributed by atoms with van der Waals surface area (Å²) in [7, 11) is 0. The zero-order chi connectivity index (χ0) is 9.71. The van der Waals surface area contributed by atoms with E-state index in [0.717, 1.165) is 37.1 Å². The Bertz CT molecular complexity index is 260. The molecular formula is C10H14N2O2. The average molecular weight is 194 g/mol. The lowest BCUT2D eigenvalue weighted by Gasteiger charge is -2.49. The van der Waals surface area contributed by atoms with Crippen molar-refractivity contribution in [1.82, 2.24) is 0 Å². The van der Waals surface area contributed by atoms with E-state index in [1.165, 1.54) is 0 Å². The molecule has 14 heavy (non-hydrogen) atoms. The third-order valence-electron chi connectivity index (χ3n) is 4.18. The van der Waals surface area contributed by atoms with Crippen molar-refractivity contribution in [2.24, 2.45) is 34.0 Å². The van der Waals surface area contributed by atoms with Crippen LogP contribution in [0, 0.1) is 23.7 Å². The smallest absolute Gasteiger partial charge is 0.0633 e. The number of rotatable bonds is 0. The Kier molecular flexibility index (Phi) is 1.60. The van der Waals surface area contributed by atoms with Crippen molar-refractivity contribution >= 4 is 11.4 Å². The first-order valence-corrected chi connectivity index (χ1v) is 5.27. The SMILES string of the molecule is ON=C1C2CC3CC1CC(C2)C3=NO. The van der Waals surface area contributed by atoms with Gasteiger partial charge in [0, 0.05) is 23.7 Å². The third kappa shape index (κ3) is 0.885. The molecule has 4 saturated carbocycles. The highest BCUT2D eigenvalue weighted by Gasteiger charge is 2.50. The Balaban J connectivity index is 1.97. The molecule has 0 aliphatic heterocycles. The molecule has 2 N–H and O–H groups in total. The van der Waals surface area contributed by atoms with Crippen molar-refractivity contribution in [3.63, 3.8) is 0 Å². The molecule has 4 nitrogen and oxygen atoms in total. The topological polar surface area (TPSA) is 65.2 Å². The zero-order valence-electron chi connectivity index (χ0n) is 7.93. The van der Waals surface area contributed by atoms with E-state index in [9.17, 15) is 0 Å². The molecule has 76 valence electrons. The molecule has 4 rings (SSSR count). The first kappa shape index (κ1) is 8.26. The van der Waals surface area contributed by atoms with Gasteiger partial charge in [-0.05, 0) is 25.7 Å². The minimum Gasteiger partial charge on any atom is -0.411 e. The van der Waals surface area contributed by atoms with E-state index in [0.29, 0.717) is 23.7 Å². The van der Waals surface area contributed by atoms with Gasteiger partial charge in [0.1, 0.15) is 0 Å². The van der Waals surface area contributed by atoms with Gasteiger partial charge in [-0.2, -0.15) is 0 Å². The fourth-order valence-electron chi connectivity index (χ4n) is 3.72. The molecule has 0 amide bonds. The van der Waals surface area contributed by atoms with E-state index >= 15 is 0 Å².